The zero-order chi connectivity index (χ0) is 20.0. The third-order valence-corrected chi connectivity index (χ3v) is 4.79. The normalized spacial score (nSPS) is 12.4. The minimum absolute atomic E-state index is 0.0396. The first kappa shape index (κ1) is 17.9. The largest absolute Gasteiger partial charge is 0.497 e. The molecule has 0 bridgehead atoms. The van der Waals surface area contributed by atoms with Crippen LogP contribution in [-0.2, 0) is 0 Å². The minimum atomic E-state index is -0.401. The molecule has 6 nitrogen and oxygen atoms in total. The first-order chi connectivity index (χ1) is 13.4. The first-order valence-corrected chi connectivity index (χ1v) is 8.71. The van der Waals surface area contributed by atoms with E-state index < -0.39 is 11.6 Å². The fraction of sp³-hybridized carbons (Fsp3) is 0.0476. The lowest BCUT2D eigenvalue weighted by Crippen LogP contribution is -2.24. The first-order valence-electron chi connectivity index (χ1n) is 8.33. The van der Waals surface area contributed by atoms with Gasteiger partial charge in [0, 0.05) is 34.0 Å². The van der Waals surface area contributed by atoms with Crippen LogP contribution >= 0.6 is 11.6 Å². The number of benzene rings is 3. The van der Waals surface area contributed by atoms with Gasteiger partial charge in [-0.3, -0.25) is 9.59 Å². The number of ether oxygens (including phenoxy) is 2. The zero-order valence-corrected chi connectivity index (χ0v) is 15.5. The highest BCUT2D eigenvalue weighted by molar-refractivity contribution is 6.35. The molecule has 28 heavy (non-hydrogen) atoms. The quantitative estimate of drug-likeness (QED) is 0.507. The van der Waals surface area contributed by atoms with Crippen molar-refractivity contribution in [1.29, 1.82) is 0 Å². The number of nitrogens with two attached hydrogens (primary N) is 2. The Balaban J connectivity index is 1.85. The lowest BCUT2D eigenvalue weighted by Gasteiger charge is -2.22. The predicted molar refractivity (Wildman–Crippen MR) is 107 cm³/mol. The summed E-state index contributed by atoms with van der Waals surface area (Å²) in [5, 5.41) is 0.355. The predicted octanol–water partition coefficient (Wildman–Crippen LogP) is 4.08. The van der Waals surface area contributed by atoms with Gasteiger partial charge in [-0.15, -0.1) is 0 Å². The SMILES string of the molecule is COc1cccc(Oc2cc(N)c3c(c2N)C(=O)c2ccc(Cl)cc2C3=O)c1. The Kier molecular flexibility index (Phi) is 4.20. The third kappa shape index (κ3) is 2.75. The second kappa shape index (κ2) is 6.58. The van der Waals surface area contributed by atoms with Crippen LogP contribution in [0.2, 0.25) is 5.02 Å². The van der Waals surface area contributed by atoms with Gasteiger partial charge in [0.15, 0.2) is 17.3 Å². The van der Waals surface area contributed by atoms with Crippen LogP contribution < -0.4 is 20.9 Å². The van der Waals surface area contributed by atoms with Crippen LogP contribution in [0.25, 0.3) is 0 Å². The van der Waals surface area contributed by atoms with Crippen molar-refractivity contribution in [3.63, 3.8) is 0 Å². The van der Waals surface area contributed by atoms with E-state index in [1.54, 1.807) is 37.4 Å². The van der Waals surface area contributed by atoms with E-state index >= 15 is 0 Å². The van der Waals surface area contributed by atoms with Crippen molar-refractivity contribution in [3.8, 4) is 17.2 Å². The van der Waals surface area contributed by atoms with E-state index in [9.17, 15) is 9.59 Å². The summed E-state index contributed by atoms with van der Waals surface area (Å²) in [7, 11) is 1.54. The topological polar surface area (TPSA) is 105 Å². The van der Waals surface area contributed by atoms with Gasteiger partial charge >= 0.3 is 0 Å². The highest BCUT2D eigenvalue weighted by Gasteiger charge is 2.34. The molecule has 0 fully saturated rings. The fourth-order valence-electron chi connectivity index (χ4n) is 3.22. The van der Waals surface area contributed by atoms with Crippen LogP contribution in [0.15, 0.2) is 48.5 Å². The molecule has 1 aliphatic carbocycles. The second-order valence-corrected chi connectivity index (χ2v) is 6.69. The lowest BCUT2D eigenvalue weighted by molar-refractivity contribution is 0.0980. The molecule has 0 amide bonds. The summed E-state index contributed by atoms with van der Waals surface area (Å²) in [5.74, 6) is 0.431. The van der Waals surface area contributed by atoms with Gasteiger partial charge in [-0.2, -0.15) is 0 Å². The van der Waals surface area contributed by atoms with E-state index in [1.165, 1.54) is 18.2 Å². The van der Waals surface area contributed by atoms with Crippen LogP contribution in [0, 0.1) is 0 Å². The Hall–Kier alpha value is -3.51. The molecular weight excluding hydrogens is 380 g/mol. The monoisotopic (exact) mass is 394 g/mol. The summed E-state index contributed by atoms with van der Waals surface area (Å²) in [5.41, 5.74) is 13.0. The number of anilines is 2. The highest BCUT2D eigenvalue weighted by atomic mass is 35.5. The summed E-state index contributed by atoms with van der Waals surface area (Å²) >= 11 is 5.98. The maximum atomic E-state index is 13.0. The highest BCUT2D eigenvalue weighted by Crippen LogP contribution is 2.41. The molecule has 7 heteroatoms. The molecule has 0 heterocycles. The Morgan fingerprint density at radius 2 is 1.57 bits per heavy atom. The smallest absolute Gasteiger partial charge is 0.196 e. The summed E-state index contributed by atoms with van der Waals surface area (Å²) in [6.07, 6.45) is 0. The number of methoxy groups -OCH3 is 1. The van der Waals surface area contributed by atoms with Gasteiger partial charge in [-0.05, 0) is 30.3 Å². The molecule has 0 spiro atoms. The van der Waals surface area contributed by atoms with Gasteiger partial charge in [0.1, 0.15) is 11.5 Å². The summed E-state index contributed by atoms with van der Waals surface area (Å²) in [4.78, 5) is 26.0. The summed E-state index contributed by atoms with van der Waals surface area (Å²) in [6, 6.07) is 12.8. The number of carbonyl (C=O) groups is 2. The molecule has 0 aromatic heterocycles. The molecule has 0 atom stereocenters. The van der Waals surface area contributed by atoms with E-state index in [1.807, 2.05) is 0 Å². The fourth-order valence-corrected chi connectivity index (χ4v) is 3.39. The van der Waals surface area contributed by atoms with E-state index in [4.69, 9.17) is 32.5 Å². The Bertz CT molecular complexity index is 1160. The van der Waals surface area contributed by atoms with Gasteiger partial charge in [0.2, 0.25) is 0 Å². The summed E-state index contributed by atoms with van der Waals surface area (Å²) < 4.78 is 11.0. The molecule has 3 aromatic carbocycles. The third-order valence-electron chi connectivity index (χ3n) is 4.55. The number of hydrogen-bond acceptors (Lipinski definition) is 6. The van der Waals surface area contributed by atoms with Crippen molar-refractivity contribution in [2.45, 2.75) is 0 Å². The van der Waals surface area contributed by atoms with Crippen molar-refractivity contribution in [2.24, 2.45) is 0 Å². The maximum Gasteiger partial charge on any atom is 0.196 e. The van der Waals surface area contributed by atoms with E-state index in [-0.39, 0.29) is 39.4 Å². The molecule has 0 unspecified atom stereocenters. The molecular formula is C21H15ClN2O4. The standard InChI is InChI=1S/C21H15ClN2O4/c1-27-11-3-2-4-12(8-11)28-16-9-15(23)17-18(19(16)24)20(25)13-6-5-10(22)7-14(13)21(17)26/h2-9H,23-24H2,1H3. The van der Waals surface area contributed by atoms with Crippen LogP contribution in [-0.4, -0.2) is 18.7 Å². The molecule has 0 aliphatic heterocycles. The number of ketones is 2. The number of carbonyl (C=O) groups excluding carboxylic acids is 2. The molecule has 4 N–H and O–H groups in total. The van der Waals surface area contributed by atoms with Crippen molar-refractivity contribution >= 4 is 34.5 Å². The van der Waals surface area contributed by atoms with Gasteiger partial charge in [-0.25, -0.2) is 0 Å². The molecule has 3 aromatic rings. The Morgan fingerprint density at radius 1 is 0.857 bits per heavy atom. The zero-order valence-electron chi connectivity index (χ0n) is 14.8. The number of rotatable bonds is 3. The number of nitrogen functional groups attached to an aromatic ring is 2. The van der Waals surface area contributed by atoms with Crippen LogP contribution in [0.4, 0.5) is 11.4 Å². The van der Waals surface area contributed by atoms with Crippen LogP contribution in [0.1, 0.15) is 31.8 Å². The van der Waals surface area contributed by atoms with Crippen LogP contribution in [0.5, 0.6) is 17.2 Å². The molecule has 0 saturated heterocycles. The van der Waals surface area contributed by atoms with Crippen LogP contribution in [0.3, 0.4) is 0 Å². The Labute approximate surface area is 165 Å². The number of fused-ring (bicyclic) bond motifs is 2. The van der Waals surface area contributed by atoms with Crippen molar-refractivity contribution < 1.29 is 19.1 Å². The molecule has 4 rings (SSSR count). The molecule has 140 valence electrons. The van der Waals surface area contributed by atoms with Crippen molar-refractivity contribution in [1.82, 2.24) is 0 Å². The van der Waals surface area contributed by atoms with Gasteiger partial charge in [0.05, 0.1) is 23.9 Å². The average molecular weight is 395 g/mol. The van der Waals surface area contributed by atoms with Gasteiger partial charge < -0.3 is 20.9 Å². The molecule has 1 aliphatic rings. The van der Waals surface area contributed by atoms with E-state index in [0.717, 1.165) is 0 Å². The van der Waals surface area contributed by atoms with Gasteiger partial charge in [-0.1, -0.05) is 17.7 Å². The maximum absolute atomic E-state index is 13.0. The second-order valence-electron chi connectivity index (χ2n) is 6.26. The lowest BCUT2D eigenvalue weighted by atomic mass is 9.82. The summed E-state index contributed by atoms with van der Waals surface area (Å²) in [6.45, 7) is 0. The van der Waals surface area contributed by atoms with Crippen molar-refractivity contribution in [2.75, 3.05) is 18.6 Å². The Morgan fingerprint density at radius 3 is 2.32 bits per heavy atom. The number of hydrogen-bond donors (Lipinski definition) is 2. The average Bonchev–Trinajstić information content (AvgIpc) is 2.68. The molecule has 0 radical (unpaired) electrons. The van der Waals surface area contributed by atoms with Crippen molar-refractivity contribution in [3.05, 3.63) is 75.8 Å². The van der Waals surface area contributed by atoms with E-state index in [2.05, 4.69) is 0 Å². The number of halogens is 1. The van der Waals surface area contributed by atoms with Gasteiger partial charge in [0.25, 0.3) is 0 Å². The minimum Gasteiger partial charge on any atom is -0.497 e. The molecule has 0 saturated carbocycles. The van der Waals surface area contributed by atoms with E-state index in [0.29, 0.717) is 16.5 Å².